The molecule has 0 atom stereocenters. The van der Waals surface area contributed by atoms with Crippen LogP contribution in [0.4, 0.5) is 0 Å². The first-order valence-corrected chi connectivity index (χ1v) is 40.1. The van der Waals surface area contributed by atoms with Crippen molar-refractivity contribution in [2.24, 2.45) is 0 Å². The lowest BCUT2D eigenvalue weighted by atomic mass is 9.67. The number of hydrogen-bond acceptors (Lipinski definition) is 10. The summed E-state index contributed by atoms with van der Waals surface area (Å²) in [6.07, 6.45) is 0. The summed E-state index contributed by atoms with van der Waals surface area (Å²) < 4.78 is 19.2. The van der Waals surface area contributed by atoms with Gasteiger partial charge in [0, 0.05) is 49.4 Å². The topological polar surface area (TPSA) is 133 Å². The molecule has 22 rings (SSSR count). The van der Waals surface area contributed by atoms with Crippen molar-refractivity contribution < 1.29 is 18.6 Å². The number of nitrogens with zero attached hydrogens (tertiary/aromatic N) is 6. The van der Waals surface area contributed by atoms with E-state index in [1.165, 1.54) is 77.5 Å². The Labute approximate surface area is 688 Å². The SMILES string of the molecule is CC(C)(O)C(C)(C)O[B]c1cccc2oc3ccc(C4(c5ccccc5)c5ccccc5-c5ccccc54)cc3c12.Clc1nc(-c2ccccc2)nc(-c2ccc3ccccc3c2)n1.c1ccc(-c2nc(-c3ccc4ccccc4c3)nc(-c3cccc4oc5ccc(C6(c7ccccc7)c7ccccc7-c7ccccc76)cc5c34)n2)cc1. The van der Waals surface area contributed by atoms with E-state index in [1.807, 2.05) is 123 Å². The van der Waals surface area contributed by atoms with Crippen LogP contribution in [0.15, 0.2) is 385 Å². The number of benzene rings is 16. The third-order valence-corrected chi connectivity index (χ3v) is 23.9. The summed E-state index contributed by atoms with van der Waals surface area (Å²) in [7, 11) is 1.76. The Bertz CT molecular complexity index is 7160. The van der Waals surface area contributed by atoms with E-state index in [2.05, 4.69) is 282 Å². The number of rotatable bonds is 13. The summed E-state index contributed by atoms with van der Waals surface area (Å²) >= 11 is 6.11. The molecule has 0 saturated carbocycles. The minimum atomic E-state index is -1.02. The molecule has 1 radical (unpaired) electrons. The van der Waals surface area contributed by atoms with Gasteiger partial charge in [0.25, 0.3) is 0 Å². The van der Waals surface area contributed by atoms with Crippen molar-refractivity contribution in [3.8, 4) is 79.2 Å². The van der Waals surface area contributed by atoms with Gasteiger partial charge < -0.3 is 18.6 Å². The van der Waals surface area contributed by atoms with E-state index < -0.39 is 22.0 Å². The van der Waals surface area contributed by atoms with E-state index in [0.29, 0.717) is 29.1 Å². The second kappa shape index (κ2) is 29.6. The number of aromatic nitrogens is 6. The minimum absolute atomic E-state index is 0.196. The lowest BCUT2D eigenvalue weighted by Gasteiger charge is -2.37. The van der Waals surface area contributed by atoms with E-state index in [0.717, 1.165) is 87.9 Å². The van der Waals surface area contributed by atoms with Gasteiger partial charge >= 0.3 is 7.48 Å². The summed E-state index contributed by atoms with van der Waals surface area (Å²) in [5, 5.41) is 19.5. The maximum absolute atomic E-state index is 10.7. The van der Waals surface area contributed by atoms with Gasteiger partial charge in [-0.1, -0.05) is 328 Å². The van der Waals surface area contributed by atoms with Crippen LogP contribution in [0.1, 0.15) is 72.2 Å². The average Bonchev–Trinajstić information content (AvgIpc) is 1.54. The maximum Gasteiger partial charge on any atom is 0.331 e. The van der Waals surface area contributed by atoms with E-state index >= 15 is 0 Å². The standard InChI is InChI=1S/C50H31N3O.C37H32BO3.C19H12ClN3/c1-3-15-33(16-4-1)47-51-48(35-27-26-32-14-7-8-17-34(32)30-35)53-49(52-47)40-22-13-25-45-46(40)41-31-37(28-29-44(41)54-45)50(36-18-5-2-6-19-36)42-23-11-9-20-38(42)39-21-10-12-24-43(39)50;1-35(2,39)36(3,4)41-38-31-19-12-20-33-34(31)28-23-25(21-22-32(28)40-33)37(24-13-6-5-7-14-24)29-17-10-8-15-26(29)27-16-9-11-18-30(27)37;20-19-22-17(14-7-2-1-3-8-14)21-18(23-19)16-11-10-13-6-4-5-9-15(13)12-16/h1-31H;5-23,39H,1-4H3;1-12H. The van der Waals surface area contributed by atoms with E-state index in [-0.39, 0.29) is 5.28 Å². The molecule has 2 aliphatic carbocycles. The lowest BCUT2D eigenvalue weighted by molar-refractivity contribution is -0.0893. The van der Waals surface area contributed by atoms with E-state index in [9.17, 15) is 5.11 Å². The van der Waals surface area contributed by atoms with Crippen LogP contribution >= 0.6 is 11.6 Å². The van der Waals surface area contributed by atoms with Crippen LogP contribution in [0.2, 0.25) is 5.28 Å². The first kappa shape index (κ1) is 72.9. The largest absolute Gasteiger partial charge is 0.456 e. The van der Waals surface area contributed by atoms with Crippen molar-refractivity contribution in [2.45, 2.75) is 49.7 Å². The molecule has 4 aromatic heterocycles. The van der Waals surface area contributed by atoms with Crippen LogP contribution in [0.5, 0.6) is 0 Å². The van der Waals surface area contributed by atoms with Gasteiger partial charge in [0.2, 0.25) is 5.28 Å². The third-order valence-electron chi connectivity index (χ3n) is 23.7. The molecule has 0 fully saturated rings. The zero-order valence-corrected chi connectivity index (χ0v) is 65.9. The second-order valence-electron chi connectivity index (χ2n) is 31.2. The molecular formula is C106H75BClN6O4. The van der Waals surface area contributed by atoms with Crippen molar-refractivity contribution in [3.63, 3.8) is 0 Å². The zero-order valence-electron chi connectivity index (χ0n) is 65.1. The molecule has 0 amide bonds. The summed E-state index contributed by atoms with van der Waals surface area (Å²) in [6.45, 7) is 7.32. The van der Waals surface area contributed by atoms with Crippen LogP contribution in [0, 0.1) is 0 Å². The predicted octanol–water partition coefficient (Wildman–Crippen LogP) is 25.1. The van der Waals surface area contributed by atoms with Crippen molar-refractivity contribution in [1.29, 1.82) is 0 Å². The highest BCUT2D eigenvalue weighted by Crippen LogP contribution is 2.59. The number of hydrogen-bond donors (Lipinski definition) is 1. The quantitative estimate of drug-likeness (QED) is 0.111. The van der Waals surface area contributed by atoms with Crippen LogP contribution in [0.25, 0.3) is 145 Å². The number of halogens is 1. The van der Waals surface area contributed by atoms with Gasteiger partial charge in [-0.3, -0.25) is 0 Å². The van der Waals surface area contributed by atoms with Crippen molar-refractivity contribution in [3.05, 3.63) is 426 Å². The Kier molecular flexibility index (Phi) is 18.3. The molecule has 20 aromatic rings. The normalized spacial score (nSPS) is 13.0. The highest BCUT2D eigenvalue weighted by Gasteiger charge is 2.48. The molecule has 0 saturated heterocycles. The molecule has 10 nitrogen and oxygen atoms in total. The molecule has 0 spiro atoms. The smallest absolute Gasteiger partial charge is 0.331 e. The van der Waals surface area contributed by atoms with Gasteiger partial charge in [-0.15, -0.1) is 0 Å². The first-order chi connectivity index (χ1) is 57.8. The zero-order chi connectivity index (χ0) is 79.7. The number of aliphatic hydroxyl groups is 1. The lowest BCUT2D eigenvalue weighted by Crippen LogP contribution is -2.49. The molecular weight excluding hydrogens is 1470 g/mol. The molecule has 0 unspecified atom stereocenters. The number of furan rings is 2. The fourth-order valence-electron chi connectivity index (χ4n) is 17.4. The molecule has 12 heteroatoms. The fraction of sp³-hybridized carbons (Fsp3) is 0.0755. The van der Waals surface area contributed by atoms with Gasteiger partial charge in [0.1, 0.15) is 22.3 Å². The molecule has 563 valence electrons. The Morgan fingerprint density at radius 2 is 0.653 bits per heavy atom. The van der Waals surface area contributed by atoms with Crippen molar-refractivity contribution in [1.82, 2.24) is 29.9 Å². The molecule has 1 N–H and O–H groups in total. The van der Waals surface area contributed by atoms with Crippen LogP contribution in [0.3, 0.4) is 0 Å². The Morgan fingerprint density at radius 1 is 0.297 bits per heavy atom. The summed E-state index contributed by atoms with van der Waals surface area (Å²) in [5.41, 5.74) is 20.9. The molecule has 16 aromatic carbocycles. The third kappa shape index (κ3) is 12.6. The van der Waals surface area contributed by atoms with Crippen LogP contribution in [-0.4, -0.2) is 53.7 Å². The van der Waals surface area contributed by atoms with Gasteiger partial charge in [0.05, 0.1) is 22.0 Å². The predicted molar refractivity (Wildman–Crippen MR) is 479 cm³/mol. The highest BCUT2D eigenvalue weighted by molar-refractivity contribution is 6.53. The average molecular weight is 1540 g/mol. The number of fused-ring (bicyclic) bond motifs is 14. The Hall–Kier alpha value is -14.1. The molecule has 0 aliphatic heterocycles. The second-order valence-corrected chi connectivity index (χ2v) is 31.5. The Morgan fingerprint density at radius 3 is 1.11 bits per heavy atom. The van der Waals surface area contributed by atoms with Gasteiger partial charge in [-0.25, -0.2) is 19.9 Å². The minimum Gasteiger partial charge on any atom is -0.456 e. The van der Waals surface area contributed by atoms with Gasteiger partial charge in [-0.05, 0) is 182 Å². The molecule has 0 bridgehead atoms. The van der Waals surface area contributed by atoms with Gasteiger partial charge in [0.15, 0.2) is 29.1 Å². The molecule has 118 heavy (non-hydrogen) atoms. The molecule has 4 heterocycles. The summed E-state index contributed by atoms with van der Waals surface area (Å²) in [5.74, 6) is 3.00. The molecule has 2 aliphatic rings. The summed E-state index contributed by atoms with van der Waals surface area (Å²) in [4.78, 5) is 28.5. The van der Waals surface area contributed by atoms with E-state index in [1.54, 1.807) is 21.3 Å². The summed E-state index contributed by atoms with van der Waals surface area (Å²) in [6, 6.07) is 131. The Balaban J connectivity index is 0.000000123. The van der Waals surface area contributed by atoms with Gasteiger partial charge in [-0.2, -0.15) is 9.97 Å². The first-order valence-electron chi connectivity index (χ1n) is 39.7. The highest BCUT2D eigenvalue weighted by atomic mass is 35.5. The van der Waals surface area contributed by atoms with Crippen molar-refractivity contribution >= 4 is 90.0 Å². The maximum atomic E-state index is 10.7. The fourth-order valence-corrected chi connectivity index (χ4v) is 17.6. The monoisotopic (exact) mass is 1540 g/mol. The van der Waals surface area contributed by atoms with Crippen LogP contribution < -0.4 is 5.46 Å². The van der Waals surface area contributed by atoms with Crippen molar-refractivity contribution in [2.75, 3.05) is 0 Å². The van der Waals surface area contributed by atoms with E-state index in [4.69, 9.17) is 40.0 Å². The van der Waals surface area contributed by atoms with Crippen LogP contribution in [-0.2, 0) is 15.5 Å².